The first-order valence-electron chi connectivity index (χ1n) is 5.75. The van der Waals surface area contributed by atoms with Gasteiger partial charge in [-0.3, -0.25) is 4.79 Å². The number of hydrogen-bond donors (Lipinski definition) is 1. The summed E-state index contributed by atoms with van der Waals surface area (Å²) in [5.74, 6) is -1.80. The van der Waals surface area contributed by atoms with Crippen LogP contribution in [0.2, 0.25) is 0 Å². The molecular formula is C14H12FNO3S. The summed E-state index contributed by atoms with van der Waals surface area (Å²) in [5.41, 5.74) is 0.197. The molecule has 2 aromatic rings. The highest BCUT2D eigenvalue weighted by molar-refractivity contribution is 7.17. The lowest BCUT2D eigenvalue weighted by atomic mass is 10.1. The summed E-state index contributed by atoms with van der Waals surface area (Å²) in [6, 6.07) is 6.82. The number of carboxylic acid groups (broad SMARTS) is 1. The van der Waals surface area contributed by atoms with Gasteiger partial charge in [0.25, 0.3) is 5.91 Å². The van der Waals surface area contributed by atoms with Crippen LogP contribution in [-0.4, -0.2) is 36.0 Å². The van der Waals surface area contributed by atoms with E-state index < -0.39 is 11.8 Å². The number of carboxylic acids is 1. The second-order valence-electron chi connectivity index (χ2n) is 4.36. The van der Waals surface area contributed by atoms with Gasteiger partial charge in [-0.05, 0) is 30.3 Å². The van der Waals surface area contributed by atoms with Crippen LogP contribution in [-0.2, 0) is 0 Å². The van der Waals surface area contributed by atoms with E-state index in [-0.39, 0.29) is 17.0 Å². The van der Waals surface area contributed by atoms with Crippen molar-refractivity contribution >= 4 is 23.2 Å². The second kappa shape index (κ2) is 5.42. The molecule has 0 saturated carbocycles. The summed E-state index contributed by atoms with van der Waals surface area (Å²) >= 11 is 1.13. The summed E-state index contributed by atoms with van der Waals surface area (Å²) in [6.07, 6.45) is 0. The van der Waals surface area contributed by atoms with E-state index in [1.807, 2.05) is 0 Å². The van der Waals surface area contributed by atoms with E-state index in [0.29, 0.717) is 9.75 Å². The smallest absolute Gasteiger partial charge is 0.335 e. The van der Waals surface area contributed by atoms with Gasteiger partial charge in [-0.25, -0.2) is 9.18 Å². The van der Waals surface area contributed by atoms with E-state index in [9.17, 15) is 14.0 Å². The van der Waals surface area contributed by atoms with Crippen molar-refractivity contribution in [3.63, 3.8) is 0 Å². The minimum absolute atomic E-state index is 0.00952. The first-order valence-corrected chi connectivity index (χ1v) is 6.56. The highest BCUT2D eigenvalue weighted by Crippen LogP contribution is 2.31. The Balaban J connectivity index is 2.44. The Hall–Kier alpha value is -2.21. The maximum Gasteiger partial charge on any atom is 0.335 e. The molecule has 1 aromatic carbocycles. The van der Waals surface area contributed by atoms with Crippen LogP contribution in [0.3, 0.4) is 0 Å². The van der Waals surface area contributed by atoms with Crippen LogP contribution in [0, 0.1) is 5.82 Å². The predicted octanol–water partition coefficient (Wildman–Crippen LogP) is 2.95. The Labute approximate surface area is 119 Å². The molecule has 0 atom stereocenters. The molecule has 0 radical (unpaired) electrons. The number of benzene rings is 1. The topological polar surface area (TPSA) is 57.6 Å². The Bertz CT molecular complexity index is 679. The summed E-state index contributed by atoms with van der Waals surface area (Å²) in [7, 11) is 3.26. The van der Waals surface area contributed by atoms with Crippen LogP contribution in [0.1, 0.15) is 20.0 Å². The van der Waals surface area contributed by atoms with Crippen LogP contribution < -0.4 is 0 Å². The van der Waals surface area contributed by atoms with Crippen LogP contribution in [0.4, 0.5) is 4.39 Å². The molecule has 0 bridgehead atoms. The van der Waals surface area contributed by atoms with Crippen molar-refractivity contribution < 1.29 is 19.1 Å². The number of rotatable bonds is 3. The lowest BCUT2D eigenvalue weighted by molar-refractivity contribution is 0.0696. The van der Waals surface area contributed by atoms with E-state index >= 15 is 0 Å². The van der Waals surface area contributed by atoms with Gasteiger partial charge in [0.05, 0.1) is 10.4 Å². The monoisotopic (exact) mass is 293 g/mol. The highest BCUT2D eigenvalue weighted by atomic mass is 32.1. The number of carbonyl (C=O) groups is 2. The predicted molar refractivity (Wildman–Crippen MR) is 74.7 cm³/mol. The van der Waals surface area contributed by atoms with E-state index in [1.165, 1.54) is 17.0 Å². The van der Waals surface area contributed by atoms with Crippen molar-refractivity contribution in [3.8, 4) is 10.4 Å². The SMILES string of the molecule is CN(C)C(=O)c1ccc(-c2cc(C(=O)O)ccc2F)s1. The van der Waals surface area contributed by atoms with Crippen molar-refractivity contribution in [1.29, 1.82) is 0 Å². The molecule has 1 aromatic heterocycles. The zero-order valence-electron chi connectivity index (χ0n) is 10.9. The molecule has 0 unspecified atom stereocenters. The lowest BCUT2D eigenvalue weighted by Crippen LogP contribution is -2.20. The third-order valence-electron chi connectivity index (χ3n) is 2.70. The van der Waals surface area contributed by atoms with Crippen molar-refractivity contribution in [2.45, 2.75) is 0 Å². The van der Waals surface area contributed by atoms with Gasteiger partial charge in [0, 0.05) is 24.5 Å². The number of nitrogens with zero attached hydrogens (tertiary/aromatic N) is 1. The average Bonchev–Trinajstić information content (AvgIpc) is 2.87. The standard InChI is InChI=1S/C14H12FNO3S/c1-16(2)13(17)12-6-5-11(20-12)9-7-8(14(18)19)3-4-10(9)15/h3-7H,1-2H3,(H,18,19). The van der Waals surface area contributed by atoms with Gasteiger partial charge in [0.1, 0.15) is 5.82 Å². The Morgan fingerprint density at radius 2 is 1.90 bits per heavy atom. The van der Waals surface area contributed by atoms with Gasteiger partial charge in [-0.2, -0.15) is 0 Å². The molecule has 1 heterocycles. The largest absolute Gasteiger partial charge is 0.478 e. The van der Waals surface area contributed by atoms with E-state index in [4.69, 9.17) is 5.11 Å². The highest BCUT2D eigenvalue weighted by Gasteiger charge is 2.15. The number of aromatic carboxylic acids is 1. The van der Waals surface area contributed by atoms with E-state index in [1.54, 1.807) is 26.2 Å². The Kier molecular flexibility index (Phi) is 3.85. The molecule has 0 aliphatic rings. The van der Waals surface area contributed by atoms with Gasteiger partial charge < -0.3 is 10.0 Å². The Morgan fingerprint density at radius 1 is 1.20 bits per heavy atom. The molecule has 0 aliphatic heterocycles. The molecule has 4 nitrogen and oxygen atoms in total. The molecule has 104 valence electrons. The minimum atomic E-state index is -1.12. The van der Waals surface area contributed by atoms with Crippen molar-refractivity contribution in [2.75, 3.05) is 14.1 Å². The minimum Gasteiger partial charge on any atom is -0.478 e. The molecule has 2 rings (SSSR count). The third-order valence-corrected chi connectivity index (χ3v) is 3.81. The number of halogens is 1. The number of carbonyl (C=O) groups excluding carboxylic acids is 1. The van der Waals surface area contributed by atoms with Gasteiger partial charge in [0.2, 0.25) is 0 Å². The third kappa shape index (κ3) is 2.70. The molecule has 20 heavy (non-hydrogen) atoms. The van der Waals surface area contributed by atoms with Crippen molar-refractivity contribution in [2.24, 2.45) is 0 Å². The quantitative estimate of drug-likeness (QED) is 0.946. The molecule has 0 spiro atoms. The Morgan fingerprint density at radius 3 is 2.50 bits per heavy atom. The first-order chi connectivity index (χ1) is 9.40. The number of amides is 1. The zero-order valence-corrected chi connectivity index (χ0v) is 11.7. The van der Waals surface area contributed by atoms with Gasteiger partial charge in [-0.1, -0.05) is 0 Å². The molecule has 0 saturated heterocycles. The van der Waals surface area contributed by atoms with Gasteiger partial charge in [0.15, 0.2) is 0 Å². The van der Waals surface area contributed by atoms with Gasteiger partial charge in [-0.15, -0.1) is 11.3 Å². The average molecular weight is 293 g/mol. The van der Waals surface area contributed by atoms with Crippen LogP contribution in [0.5, 0.6) is 0 Å². The molecule has 0 fully saturated rings. The lowest BCUT2D eigenvalue weighted by Gasteiger charge is -2.07. The maximum absolute atomic E-state index is 13.8. The second-order valence-corrected chi connectivity index (χ2v) is 5.45. The van der Waals surface area contributed by atoms with Crippen LogP contribution >= 0.6 is 11.3 Å². The van der Waals surface area contributed by atoms with Crippen LogP contribution in [0.25, 0.3) is 10.4 Å². The summed E-state index contributed by atoms with van der Waals surface area (Å²) < 4.78 is 13.8. The molecule has 1 N–H and O–H groups in total. The fourth-order valence-electron chi connectivity index (χ4n) is 1.67. The van der Waals surface area contributed by atoms with Crippen LogP contribution in [0.15, 0.2) is 30.3 Å². The summed E-state index contributed by atoms with van der Waals surface area (Å²) in [6.45, 7) is 0. The molecule has 0 aliphatic carbocycles. The molecule has 1 amide bonds. The summed E-state index contributed by atoms with van der Waals surface area (Å²) in [4.78, 5) is 25.1. The first kappa shape index (κ1) is 14.2. The molecule has 6 heteroatoms. The fourth-order valence-corrected chi connectivity index (χ4v) is 2.71. The number of thiophene rings is 1. The van der Waals surface area contributed by atoms with Crippen molar-refractivity contribution in [1.82, 2.24) is 4.90 Å². The maximum atomic E-state index is 13.8. The van der Waals surface area contributed by atoms with E-state index in [0.717, 1.165) is 17.4 Å². The fraction of sp³-hybridized carbons (Fsp3) is 0.143. The van der Waals surface area contributed by atoms with E-state index in [2.05, 4.69) is 0 Å². The molecular weight excluding hydrogens is 281 g/mol. The zero-order chi connectivity index (χ0) is 14.9. The number of hydrogen-bond acceptors (Lipinski definition) is 3. The van der Waals surface area contributed by atoms with Crippen molar-refractivity contribution in [3.05, 3.63) is 46.6 Å². The normalized spacial score (nSPS) is 10.3. The summed E-state index contributed by atoms with van der Waals surface area (Å²) in [5, 5.41) is 8.93. The van der Waals surface area contributed by atoms with Gasteiger partial charge >= 0.3 is 5.97 Å².